The third-order valence-corrected chi connectivity index (χ3v) is 3.61. The van der Waals surface area contributed by atoms with Gasteiger partial charge in [0.1, 0.15) is 6.61 Å². The Labute approximate surface area is 137 Å². The van der Waals surface area contributed by atoms with Crippen LogP contribution in [-0.4, -0.2) is 54.0 Å². The largest absolute Gasteiger partial charge is 0.475 e. The third kappa shape index (κ3) is 5.33. The topological polar surface area (TPSA) is 63.3 Å². The fraction of sp³-hybridized carbons (Fsp3) is 0.529. The first-order valence-electron chi connectivity index (χ1n) is 8.03. The Hall–Kier alpha value is -1.92. The van der Waals surface area contributed by atoms with Crippen LogP contribution in [-0.2, 0) is 11.3 Å². The maximum Gasteiger partial charge on any atom is 0.213 e. The van der Waals surface area contributed by atoms with Crippen molar-refractivity contribution in [2.75, 3.05) is 33.9 Å². The Kier molecular flexibility index (Phi) is 7.03. The van der Waals surface area contributed by atoms with Crippen LogP contribution >= 0.6 is 0 Å². The van der Waals surface area contributed by atoms with Crippen molar-refractivity contribution in [3.63, 3.8) is 0 Å². The van der Waals surface area contributed by atoms with Gasteiger partial charge in [-0.2, -0.15) is 5.10 Å². The van der Waals surface area contributed by atoms with Gasteiger partial charge in [0.2, 0.25) is 5.88 Å². The van der Waals surface area contributed by atoms with Crippen LogP contribution in [0.5, 0.6) is 5.88 Å². The minimum Gasteiger partial charge on any atom is -0.475 e. The van der Waals surface area contributed by atoms with Crippen LogP contribution in [0.2, 0.25) is 0 Å². The first-order chi connectivity index (χ1) is 11.2. The second-order valence-electron chi connectivity index (χ2n) is 5.59. The molecule has 126 valence electrons. The van der Waals surface area contributed by atoms with Crippen LogP contribution in [0.3, 0.4) is 0 Å². The lowest BCUT2D eigenvalue weighted by Gasteiger charge is -2.16. The number of ether oxygens (including phenoxy) is 2. The standard InChI is InChI=1S/C17H26N4O2/c1-4-5-8-21(2)13-15-12-19-20-17(15)14-6-7-16(18-11-14)23-10-9-22-3/h6-7,11-12H,4-5,8-10,13H2,1-3H3,(H,19,20). The molecule has 0 radical (unpaired) electrons. The molecule has 0 aliphatic rings. The quantitative estimate of drug-likeness (QED) is 0.682. The summed E-state index contributed by atoms with van der Waals surface area (Å²) in [5.74, 6) is 0.604. The summed E-state index contributed by atoms with van der Waals surface area (Å²) in [6.45, 7) is 5.22. The van der Waals surface area contributed by atoms with Crippen molar-refractivity contribution in [1.29, 1.82) is 0 Å². The third-order valence-electron chi connectivity index (χ3n) is 3.61. The Morgan fingerprint density at radius 2 is 2.09 bits per heavy atom. The number of hydrogen-bond donors (Lipinski definition) is 1. The summed E-state index contributed by atoms with van der Waals surface area (Å²) in [6, 6.07) is 3.87. The monoisotopic (exact) mass is 318 g/mol. The van der Waals surface area contributed by atoms with E-state index < -0.39 is 0 Å². The zero-order valence-corrected chi connectivity index (χ0v) is 14.2. The van der Waals surface area contributed by atoms with Crippen LogP contribution in [0.4, 0.5) is 0 Å². The first kappa shape index (κ1) is 17.4. The highest BCUT2D eigenvalue weighted by Gasteiger charge is 2.10. The summed E-state index contributed by atoms with van der Waals surface area (Å²) in [5, 5.41) is 7.27. The van der Waals surface area contributed by atoms with Crippen molar-refractivity contribution < 1.29 is 9.47 Å². The highest BCUT2D eigenvalue weighted by Crippen LogP contribution is 2.23. The number of nitrogens with one attached hydrogen (secondary N) is 1. The average Bonchev–Trinajstić information content (AvgIpc) is 3.02. The van der Waals surface area contributed by atoms with E-state index in [9.17, 15) is 0 Å². The van der Waals surface area contributed by atoms with Crippen molar-refractivity contribution >= 4 is 0 Å². The lowest BCUT2D eigenvalue weighted by Crippen LogP contribution is -2.19. The van der Waals surface area contributed by atoms with E-state index in [4.69, 9.17) is 9.47 Å². The molecule has 0 unspecified atom stereocenters. The van der Waals surface area contributed by atoms with Crippen molar-refractivity contribution in [1.82, 2.24) is 20.1 Å². The molecule has 1 N–H and O–H groups in total. The number of pyridine rings is 1. The molecule has 0 spiro atoms. The molecule has 23 heavy (non-hydrogen) atoms. The molecule has 0 amide bonds. The zero-order chi connectivity index (χ0) is 16.5. The molecule has 2 rings (SSSR count). The van der Waals surface area contributed by atoms with Crippen molar-refractivity contribution in [3.8, 4) is 17.1 Å². The molecule has 2 heterocycles. The minimum atomic E-state index is 0.500. The number of aromatic amines is 1. The highest BCUT2D eigenvalue weighted by atomic mass is 16.5. The molecule has 0 saturated carbocycles. The number of aromatic nitrogens is 3. The normalized spacial score (nSPS) is 11.1. The van der Waals surface area contributed by atoms with Crippen molar-refractivity contribution in [2.24, 2.45) is 0 Å². The first-order valence-corrected chi connectivity index (χ1v) is 8.03. The molecule has 0 aliphatic heterocycles. The van der Waals surface area contributed by atoms with Crippen LogP contribution in [0, 0.1) is 0 Å². The number of methoxy groups -OCH3 is 1. The number of unbranched alkanes of at least 4 members (excludes halogenated alkanes) is 1. The van der Waals surface area contributed by atoms with Gasteiger partial charge in [0, 0.05) is 37.0 Å². The molecule has 6 nitrogen and oxygen atoms in total. The Balaban J connectivity index is 2.00. The van der Waals surface area contributed by atoms with E-state index in [0.29, 0.717) is 19.1 Å². The molecule has 0 fully saturated rings. The van der Waals surface area contributed by atoms with Gasteiger partial charge in [-0.05, 0) is 26.1 Å². The number of hydrogen-bond acceptors (Lipinski definition) is 5. The van der Waals surface area contributed by atoms with Gasteiger partial charge in [-0.1, -0.05) is 13.3 Å². The van der Waals surface area contributed by atoms with Gasteiger partial charge >= 0.3 is 0 Å². The van der Waals surface area contributed by atoms with Crippen LogP contribution in [0.15, 0.2) is 24.5 Å². The molecular formula is C17H26N4O2. The van der Waals surface area contributed by atoms with Gasteiger partial charge in [0.05, 0.1) is 18.5 Å². The second-order valence-corrected chi connectivity index (χ2v) is 5.59. The van der Waals surface area contributed by atoms with E-state index in [1.165, 1.54) is 18.4 Å². The molecule has 2 aromatic heterocycles. The molecule has 6 heteroatoms. The number of nitrogens with zero attached hydrogens (tertiary/aromatic N) is 3. The Morgan fingerprint density at radius 1 is 1.22 bits per heavy atom. The van der Waals surface area contributed by atoms with E-state index in [1.807, 2.05) is 24.5 Å². The summed E-state index contributed by atoms with van der Waals surface area (Å²) in [5.41, 5.74) is 3.21. The van der Waals surface area contributed by atoms with E-state index >= 15 is 0 Å². The number of rotatable bonds is 10. The summed E-state index contributed by atoms with van der Waals surface area (Å²) in [7, 11) is 3.79. The highest BCUT2D eigenvalue weighted by molar-refractivity contribution is 5.61. The van der Waals surface area contributed by atoms with Gasteiger partial charge in [0.15, 0.2) is 0 Å². The minimum absolute atomic E-state index is 0.500. The fourth-order valence-electron chi connectivity index (χ4n) is 2.32. The summed E-state index contributed by atoms with van der Waals surface area (Å²) in [4.78, 5) is 6.65. The fourth-order valence-corrected chi connectivity index (χ4v) is 2.32. The lowest BCUT2D eigenvalue weighted by molar-refractivity contribution is 0.144. The summed E-state index contributed by atoms with van der Waals surface area (Å²) >= 11 is 0. The molecule has 2 aromatic rings. The van der Waals surface area contributed by atoms with Gasteiger partial charge < -0.3 is 14.4 Å². The molecule has 0 saturated heterocycles. The van der Waals surface area contributed by atoms with Gasteiger partial charge in [0.25, 0.3) is 0 Å². The molecule has 0 aliphatic carbocycles. The van der Waals surface area contributed by atoms with Gasteiger partial charge in [-0.15, -0.1) is 0 Å². The predicted octanol–water partition coefficient (Wildman–Crippen LogP) is 2.73. The number of H-pyrrole nitrogens is 1. The van der Waals surface area contributed by atoms with Crippen molar-refractivity contribution in [2.45, 2.75) is 26.3 Å². The lowest BCUT2D eigenvalue weighted by atomic mass is 10.1. The van der Waals surface area contributed by atoms with E-state index in [0.717, 1.165) is 24.3 Å². The molecule has 0 aromatic carbocycles. The van der Waals surface area contributed by atoms with Gasteiger partial charge in [-0.3, -0.25) is 5.10 Å². The average molecular weight is 318 g/mol. The van der Waals surface area contributed by atoms with Crippen LogP contribution in [0.25, 0.3) is 11.3 Å². The predicted molar refractivity (Wildman–Crippen MR) is 90.4 cm³/mol. The molecule has 0 atom stereocenters. The maximum atomic E-state index is 5.49. The van der Waals surface area contributed by atoms with Crippen LogP contribution < -0.4 is 4.74 Å². The Morgan fingerprint density at radius 3 is 2.78 bits per heavy atom. The maximum absolute atomic E-state index is 5.49. The SMILES string of the molecule is CCCCN(C)Cc1cn[nH]c1-c1ccc(OCCOC)nc1. The zero-order valence-electron chi connectivity index (χ0n) is 14.2. The smallest absolute Gasteiger partial charge is 0.213 e. The summed E-state index contributed by atoms with van der Waals surface area (Å²) < 4.78 is 10.4. The molecular weight excluding hydrogens is 292 g/mol. The van der Waals surface area contributed by atoms with E-state index in [2.05, 4.69) is 34.1 Å². The van der Waals surface area contributed by atoms with Crippen molar-refractivity contribution in [3.05, 3.63) is 30.1 Å². The van der Waals surface area contributed by atoms with E-state index in [1.54, 1.807) is 7.11 Å². The second kappa shape index (κ2) is 9.27. The Bertz CT molecular complexity index is 568. The summed E-state index contributed by atoms with van der Waals surface area (Å²) in [6.07, 6.45) is 6.11. The van der Waals surface area contributed by atoms with E-state index in [-0.39, 0.29) is 0 Å². The molecule has 0 bridgehead atoms. The van der Waals surface area contributed by atoms with Gasteiger partial charge in [-0.25, -0.2) is 4.98 Å². The van der Waals surface area contributed by atoms with Crippen LogP contribution in [0.1, 0.15) is 25.3 Å².